The van der Waals surface area contributed by atoms with Crippen LogP contribution in [0.3, 0.4) is 0 Å². The highest BCUT2D eigenvalue weighted by atomic mass is 16.5. The first kappa shape index (κ1) is 31.6. The molecule has 2 aliphatic rings. The summed E-state index contributed by atoms with van der Waals surface area (Å²) in [6.07, 6.45) is 4.78. The van der Waals surface area contributed by atoms with Crippen LogP contribution in [0.4, 0.5) is 0 Å². The summed E-state index contributed by atoms with van der Waals surface area (Å²) in [5.74, 6) is 0.282. The number of fused-ring (bicyclic) bond motifs is 1. The van der Waals surface area contributed by atoms with Crippen LogP contribution in [-0.2, 0) is 24.2 Å². The molecule has 0 aromatic heterocycles. The molecule has 0 saturated carbocycles. The molecule has 0 radical (unpaired) electrons. The number of allylic oxidation sites excluding steroid dienone is 1. The molecule has 2 aromatic rings. The number of benzene rings is 2. The zero-order valence-electron chi connectivity index (χ0n) is 24.1. The Labute approximate surface area is 246 Å². The first-order valence-electron chi connectivity index (χ1n) is 14.6. The minimum atomic E-state index is -0.846. The number of hydrogen-bond acceptors (Lipinski definition) is 9. The van der Waals surface area contributed by atoms with Gasteiger partial charge in [0.1, 0.15) is 24.2 Å². The fraction of sp³-hybridized carbons (Fsp3) is 0.438. The van der Waals surface area contributed by atoms with Crippen LogP contribution in [0.15, 0.2) is 64.4 Å². The number of Topliss-reactive ketones (excluding diaryl/α,β-unsaturated/α-hetero) is 1. The minimum Gasteiger partial charge on any atom is -0.504 e. The number of nitrogens with zero attached hydrogens (tertiary/aromatic N) is 1. The van der Waals surface area contributed by atoms with E-state index in [4.69, 9.17) is 16.2 Å². The largest absolute Gasteiger partial charge is 0.504 e. The van der Waals surface area contributed by atoms with Crippen molar-refractivity contribution < 1.29 is 34.9 Å². The standard InChI is InChI=1S/C32H42N4O6/c1-2-3-25(38)13-27(40)14-26(39)8-4-20-5-9-30(41)31(10-20)42-19-36-16-28-24(15-35-29(28)17-36)12-23-11-21(32(33)34)6-7-22(23)18-37/h5-7,9-11,15,17,25,27,32,37-38,40-41H,2-4,8,12-14,16,18-19,33-34H2,1H3/p+1. The highest BCUT2D eigenvalue weighted by Crippen LogP contribution is 2.29. The van der Waals surface area contributed by atoms with E-state index in [-0.39, 0.29) is 44.1 Å². The van der Waals surface area contributed by atoms with E-state index in [0.29, 0.717) is 31.6 Å². The summed E-state index contributed by atoms with van der Waals surface area (Å²) in [5.41, 5.74) is 18.2. The number of aromatic hydroxyl groups is 1. The van der Waals surface area contributed by atoms with Gasteiger partial charge in [0, 0.05) is 24.6 Å². The summed E-state index contributed by atoms with van der Waals surface area (Å²) in [6.45, 7) is 2.83. The van der Waals surface area contributed by atoms with Crippen LogP contribution in [0, 0.1) is 0 Å². The second kappa shape index (κ2) is 14.7. The van der Waals surface area contributed by atoms with Gasteiger partial charge in [-0.3, -0.25) is 14.7 Å². The molecule has 10 heteroatoms. The van der Waals surface area contributed by atoms with E-state index in [0.717, 1.165) is 50.4 Å². The number of aliphatic hydroxyl groups is 3. The molecule has 226 valence electrons. The third-order valence-corrected chi connectivity index (χ3v) is 7.73. The van der Waals surface area contributed by atoms with Crippen molar-refractivity contribution in [1.82, 2.24) is 0 Å². The van der Waals surface area contributed by atoms with E-state index < -0.39 is 18.4 Å². The number of ketones is 1. The topological polar surface area (TPSA) is 176 Å². The maximum atomic E-state index is 12.4. The average Bonchev–Trinajstić information content (AvgIpc) is 3.53. The molecule has 42 heavy (non-hydrogen) atoms. The number of carbonyl (C=O) groups excluding carboxylic acids is 1. The lowest BCUT2D eigenvalue weighted by atomic mass is 9.95. The molecule has 9 N–H and O–H groups in total. The second-order valence-corrected chi connectivity index (χ2v) is 11.2. The number of quaternary nitrogens is 1. The Morgan fingerprint density at radius 3 is 2.67 bits per heavy atom. The molecule has 0 amide bonds. The molecule has 3 atom stereocenters. The van der Waals surface area contributed by atoms with Crippen molar-refractivity contribution in [2.45, 2.75) is 76.9 Å². The van der Waals surface area contributed by atoms with Gasteiger partial charge in [-0.25, -0.2) is 0 Å². The smallest absolute Gasteiger partial charge is 0.227 e. The number of phenolic OH excluding ortho intramolecular Hbond substituents is 1. The second-order valence-electron chi connectivity index (χ2n) is 11.2. The van der Waals surface area contributed by atoms with Crippen LogP contribution in [0.1, 0.15) is 67.4 Å². The monoisotopic (exact) mass is 579 g/mol. The molecular weight excluding hydrogens is 536 g/mol. The quantitative estimate of drug-likeness (QED) is 0.146. The zero-order valence-corrected chi connectivity index (χ0v) is 24.1. The summed E-state index contributed by atoms with van der Waals surface area (Å²) < 4.78 is 5.98. The van der Waals surface area contributed by atoms with Crippen LogP contribution in [0.25, 0.3) is 0 Å². The van der Waals surface area contributed by atoms with Gasteiger partial charge in [0.25, 0.3) is 0 Å². The van der Waals surface area contributed by atoms with Gasteiger partial charge in [-0.2, -0.15) is 0 Å². The van der Waals surface area contributed by atoms with Gasteiger partial charge in [0.15, 0.2) is 11.5 Å². The van der Waals surface area contributed by atoms with Crippen molar-refractivity contribution in [3.8, 4) is 11.5 Å². The maximum absolute atomic E-state index is 12.4. The molecule has 2 heterocycles. The van der Waals surface area contributed by atoms with Crippen molar-refractivity contribution in [1.29, 1.82) is 0 Å². The van der Waals surface area contributed by atoms with Crippen LogP contribution < -0.4 is 21.1 Å². The van der Waals surface area contributed by atoms with Gasteiger partial charge >= 0.3 is 0 Å². The lowest BCUT2D eigenvalue weighted by Crippen LogP contribution is -3.07. The highest BCUT2D eigenvalue weighted by molar-refractivity contribution is 5.87. The van der Waals surface area contributed by atoms with E-state index in [9.17, 15) is 25.2 Å². The molecule has 3 unspecified atom stereocenters. The number of aryl methyl sites for hydroxylation is 1. The molecule has 4 rings (SSSR count). The molecule has 0 saturated heterocycles. The number of aliphatic imine (C=N–C) groups is 1. The molecule has 0 spiro atoms. The summed E-state index contributed by atoms with van der Waals surface area (Å²) in [7, 11) is 0. The molecular formula is C32H43N4O6+. The number of hydrogen-bond donors (Lipinski definition) is 7. The number of nitrogens with one attached hydrogen (secondary N) is 1. The third-order valence-electron chi connectivity index (χ3n) is 7.73. The summed E-state index contributed by atoms with van der Waals surface area (Å²) in [6, 6.07) is 10.7. The molecule has 2 aromatic carbocycles. The first-order valence-corrected chi connectivity index (χ1v) is 14.6. The summed E-state index contributed by atoms with van der Waals surface area (Å²) in [4.78, 5) is 18.0. The van der Waals surface area contributed by atoms with Gasteiger partial charge in [-0.05, 0) is 65.6 Å². The van der Waals surface area contributed by atoms with E-state index in [1.54, 1.807) is 18.2 Å². The Morgan fingerprint density at radius 1 is 1.12 bits per heavy atom. The Hall–Kier alpha value is -3.38. The van der Waals surface area contributed by atoms with Crippen molar-refractivity contribution >= 4 is 12.0 Å². The number of aliphatic hydroxyl groups excluding tert-OH is 3. The van der Waals surface area contributed by atoms with Gasteiger partial charge in [0.05, 0.1) is 25.0 Å². The number of ether oxygens (including phenoxy) is 1. The van der Waals surface area contributed by atoms with Crippen LogP contribution in [0.2, 0.25) is 0 Å². The number of nitrogens with two attached hydrogens (primary N) is 2. The van der Waals surface area contributed by atoms with E-state index in [2.05, 4.69) is 4.99 Å². The lowest BCUT2D eigenvalue weighted by Gasteiger charge is -2.15. The maximum Gasteiger partial charge on any atom is 0.227 e. The summed E-state index contributed by atoms with van der Waals surface area (Å²) in [5, 5.41) is 40.1. The van der Waals surface area contributed by atoms with Gasteiger partial charge in [-0.1, -0.05) is 37.6 Å². The Balaban J connectivity index is 1.32. The van der Waals surface area contributed by atoms with Crippen LogP contribution >= 0.6 is 0 Å². The minimum absolute atomic E-state index is 0.0167. The first-order chi connectivity index (χ1) is 20.2. The number of rotatable bonds is 16. The normalized spacial score (nSPS) is 17.5. The van der Waals surface area contributed by atoms with E-state index >= 15 is 0 Å². The number of carbonyl (C=O) groups is 1. The van der Waals surface area contributed by atoms with Crippen molar-refractivity contribution in [2.24, 2.45) is 16.5 Å². The Kier molecular flexibility index (Phi) is 11.0. The van der Waals surface area contributed by atoms with Crippen molar-refractivity contribution in [3.63, 3.8) is 0 Å². The Morgan fingerprint density at radius 2 is 1.93 bits per heavy atom. The van der Waals surface area contributed by atoms with Crippen molar-refractivity contribution in [3.05, 3.63) is 81.7 Å². The highest BCUT2D eigenvalue weighted by Gasteiger charge is 2.29. The fourth-order valence-corrected chi connectivity index (χ4v) is 5.39. The summed E-state index contributed by atoms with van der Waals surface area (Å²) >= 11 is 0. The Bertz CT molecular complexity index is 1350. The molecule has 0 fully saturated rings. The predicted molar refractivity (Wildman–Crippen MR) is 160 cm³/mol. The van der Waals surface area contributed by atoms with Crippen LogP contribution in [0.5, 0.6) is 11.5 Å². The molecule has 0 bridgehead atoms. The average molecular weight is 580 g/mol. The van der Waals surface area contributed by atoms with Crippen LogP contribution in [-0.4, -0.2) is 57.9 Å². The predicted octanol–water partition coefficient (Wildman–Crippen LogP) is 1.30. The fourth-order valence-electron chi connectivity index (χ4n) is 5.39. The van der Waals surface area contributed by atoms with Gasteiger partial charge in [0.2, 0.25) is 6.73 Å². The van der Waals surface area contributed by atoms with E-state index in [1.165, 1.54) is 0 Å². The lowest BCUT2D eigenvalue weighted by molar-refractivity contribution is -0.855. The van der Waals surface area contributed by atoms with Gasteiger partial charge < -0.3 is 36.6 Å². The molecule has 0 aliphatic carbocycles. The van der Waals surface area contributed by atoms with E-state index in [1.807, 2.05) is 37.5 Å². The SMILES string of the molecule is CCCC(O)CC(O)CC(=O)CCc1ccc(O)c(OC[NH+]2C=C3N=CC(Cc4cc(C(N)N)ccc4CO)=C3C2)c1. The third kappa shape index (κ3) is 8.34. The van der Waals surface area contributed by atoms with Crippen molar-refractivity contribution in [2.75, 3.05) is 13.3 Å². The molecule has 2 aliphatic heterocycles. The number of phenols is 1. The zero-order chi connectivity index (χ0) is 30.2. The molecule has 10 nitrogen and oxygen atoms in total. The van der Waals surface area contributed by atoms with Gasteiger partial charge in [-0.15, -0.1) is 0 Å².